The van der Waals surface area contributed by atoms with Gasteiger partial charge in [-0.05, 0) is 18.2 Å². The van der Waals surface area contributed by atoms with Crippen molar-refractivity contribution in [3.63, 3.8) is 0 Å². The maximum Gasteiger partial charge on any atom is 0.340 e. The molecule has 0 spiro atoms. The third-order valence-electron chi connectivity index (χ3n) is 2.55. The first kappa shape index (κ1) is 13.4. The van der Waals surface area contributed by atoms with Crippen molar-refractivity contribution in [2.45, 2.75) is 6.61 Å². The normalized spacial score (nSPS) is 10.2. The van der Waals surface area contributed by atoms with Crippen LogP contribution in [0.25, 0.3) is 0 Å². The first-order valence-electron chi connectivity index (χ1n) is 5.69. The molecule has 2 aromatic rings. The average Bonchev–Trinajstić information content (AvgIpc) is 2.88. The van der Waals surface area contributed by atoms with Gasteiger partial charge in [-0.2, -0.15) is 0 Å². The number of ether oxygens (including phenoxy) is 1. The topological polar surface area (TPSA) is 68.5 Å². The van der Waals surface area contributed by atoms with Gasteiger partial charge in [-0.3, -0.25) is 4.98 Å². The smallest absolute Gasteiger partial charge is 0.340 e. The van der Waals surface area contributed by atoms with Crippen LogP contribution in [0.4, 0.5) is 11.4 Å². The monoisotopic (exact) mass is 277 g/mol. The Morgan fingerprint density at radius 2 is 2.26 bits per heavy atom. The lowest BCUT2D eigenvalue weighted by molar-refractivity contribution is 0.0477. The lowest BCUT2D eigenvalue weighted by Gasteiger charge is -2.17. The number of nitrogens with zero attached hydrogens (tertiary/aromatic N) is 2. The molecule has 0 saturated heterocycles. The second-order valence-corrected chi connectivity index (χ2v) is 5.19. The van der Waals surface area contributed by atoms with Gasteiger partial charge in [0.25, 0.3) is 0 Å². The number of nitrogens with two attached hydrogens (primary N) is 1. The average molecular weight is 277 g/mol. The molecule has 6 heteroatoms. The van der Waals surface area contributed by atoms with Crippen LogP contribution in [0.5, 0.6) is 0 Å². The van der Waals surface area contributed by atoms with Crippen molar-refractivity contribution in [2.24, 2.45) is 0 Å². The van der Waals surface area contributed by atoms with Gasteiger partial charge in [-0.25, -0.2) is 4.79 Å². The zero-order chi connectivity index (χ0) is 13.8. The maximum atomic E-state index is 12.1. The molecule has 0 atom stereocenters. The highest BCUT2D eigenvalue weighted by atomic mass is 32.1. The van der Waals surface area contributed by atoms with Crippen LogP contribution in [0.1, 0.15) is 15.2 Å². The van der Waals surface area contributed by atoms with Crippen molar-refractivity contribution in [2.75, 3.05) is 24.7 Å². The molecule has 19 heavy (non-hydrogen) atoms. The van der Waals surface area contributed by atoms with Crippen LogP contribution in [-0.4, -0.2) is 25.0 Å². The number of nitrogen functional groups attached to an aromatic ring is 1. The van der Waals surface area contributed by atoms with Gasteiger partial charge in [0.15, 0.2) is 0 Å². The molecule has 1 aromatic heterocycles. The Morgan fingerprint density at radius 3 is 2.89 bits per heavy atom. The number of hydrogen-bond donors (Lipinski definition) is 1. The van der Waals surface area contributed by atoms with E-state index in [9.17, 15) is 4.79 Å². The van der Waals surface area contributed by atoms with Crippen LogP contribution >= 0.6 is 11.3 Å². The summed E-state index contributed by atoms with van der Waals surface area (Å²) in [4.78, 5) is 18.8. The Labute approximate surface area is 115 Å². The van der Waals surface area contributed by atoms with Gasteiger partial charge in [0.05, 0.1) is 21.6 Å². The van der Waals surface area contributed by atoms with Gasteiger partial charge in [-0.15, -0.1) is 11.3 Å². The molecule has 0 bridgehead atoms. The van der Waals surface area contributed by atoms with Gasteiger partial charge < -0.3 is 15.4 Å². The fourth-order valence-electron chi connectivity index (χ4n) is 1.63. The molecule has 2 N–H and O–H groups in total. The summed E-state index contributed by atoms with van der Waals surface area (Å²) < 4.78 is 5.27. The molecular weight excluding hydrogens is 262 g/mol. The lowest BCUT2D eigenvalue weighted by Crippen LogP contribution is -2.15. The summed E-state index contributed by atoms with van der Waals surface area (Å²) in [5.74, 6) is -0.385. The molecular formula is C13H15N3O2S. The third kappa shape index (κ3) is 3.23. The summed E-state index contributed by atoms with van der Waals surface area (Å²) >= 11 is 1.45. The Morgan fingerprint density at radius 1 is 1.47 bits per heavy atom. The summed E-state index contributed by atoms with van der Waals surface area (Å²) in [7, 11) is 3.73. The van der Waals surface area contributed by atoms with Crippen LogP contribution in [-0.2, 0) is 11.3 Å². The van der Waals surface area contributed by atoms with E-state index in [0.717, 1.165) is 10.6 Å². The van der Waals surface area contributed by atoms with E-state index in [2.05, 4.69) is 4.98 Å². The molecule has 0 amide bonds. The predicted molar refractivity (Wildman–Crippen MR) is 76.4 cm³/mol. The van der Waals surface area contributed by atoms with Crippen molar-refractivity contribution in [3.8, 4) is 0 Å². The van der Waals surface area contributed by atoms with Gasteiger partial charge in [-0.1, -0.05) is 0 Å². The van der Waals surface area contributed by atoms with Gasteiger partial charge in [0.2, 0.25) is 0 Å². The van der Waals surface area contributed by atoms with E-state index in [1.165, 1.54) is 11.3 Å². The van der Waals surface area contributed by atoms with Crippen LogP contribution in [0.3, 0.4) is 0 Å². The minimum Gasteiger partial charge on any atom is -0.456 e. The molecule has 0 saturated carbocycles. The maximum absolute atomic E-state index is 12.1. The van der Waals surface area contributed by atoms with E-state index < -0.39 is 0 Å². The van der Waals surface area contributed by atoms with Crippen molar-refractivity contribution >= 4 is 28.7 Å². The van der Waals surface area contributed by atoms with Crippen LogP contribution in [0, 0.1) is 0 Å². The van der Waals surface area contributed by atoms with E-state index in [1.807, 2.05) is 19.0 Å². The van der Waals surface area contributed by atoms with Crippen molar-refractivity contribution in [1.29, 1.82) is 0 Å². The Hall–Kier alpha value is -2.08. The number of carbonyl (C=O) groups is 1. The SMILES string of the molecule is CN(C)c1ccc(N)cc1C(=O)OCc1cncs1. The second kappa shape index (κ2) is 5.71. The Bertz CT molecular complexity index is 567. The minimum atomic E-state index is -0.385. The number of anilines is 2. The highest BCUT2D eigenvalue weighted by Gasteiger charge is 2.15. The number of esters is 1. The molecule has 0 aliphatic heterocycles. The van der Waals surface area contributed by atoms with Crippen molar-refractivity contribution < 1.29 is 9.53 Å². The minimum absolute atomic E-state index is 0.227. The quantitative estimate of drug-likeness (QED) is 0.685. The van der Waals surface area contributed by atoms with Gasteiger partial charge in [0, 0.05) is 26.0 Å². The number of thiazole rings is 1. The standard InChI is InChI=1S/C13H15N3O2S/c1-16(2)12-4-3-9(14)5-11(12)13(17)18-7-10-6-15-8-19-10/h3-6,8H,7,14H2,1-2H3. The van der Waals surface area contributed by atoms with Crippen LogP contribution < -0.4 is 10.6 Å². The van der Waals surface area contributed by atoms with Crippen LogP contribution in [0.2, 0.25) is 0 Å². The summed E-state index contributed by atoms with van der Waals surface area (Å²) in [5.41, 5.74) is 9.21. The number of rotatable bonds is 4. The van der Waals surface area contributed by atoms with Gasteiger partial charge >= 0.3 is 5.97 Å². The molecule has 0 radical (unpaired) electrons. The molecule has 0 aliphatic rings. The molecule has 2 rings (SSSR count). The number of carbonyl (C=O) groups excluding carboxylic acids is 1. The number of aromatic nitrogens is 1. The van der Waals surface area contributed by atoms with Crippen LogP contribution in [0.15, 0.2) is 29.9 Å². The Kier molecular flexibility index (Phi) is 4.01. The first-order valence-corrected chi connectivity index (χ1v) is 6.57. The fraction of sp³-hybridized carbons (Fsp3) is 0.231. The molecule has 1 heterocycles. The van der Waals surface area contributed by atoms with E-state index in [4.69, 9.17) is 10.5 Å². The molecule has 5 nitrogen and oxygen atoms in total. The highest BCUT2D eigenvalue weighted by Crippen LogP contribution is 2.22. The van der Waals surface area contributed by atoms with E-state index in [1.54, 1.807) is 29.9 Å². The highest BCUT2D eigenvalue weighted by molar-refractivity contribution is 7.09. The zero-order valence-electron chi connectivity index (χ0n) is 10.8. The Balaban J connectivity index is 2.16. The third-order valence-corrected chi connectivity index (χ3v) is 3.30. The summed E-state index contributed by atoms with van der Waals surface area (Å²) in [5, 5.41) is 0. The predicted octanol–water partition coefficient (Wildman–Crippen LogP) is 2.15. The molecule has 100 valence electrons. The van der Waals surface area contributed by atoms with Gasteiger partial charge in [0.1, 0.15) is 6.61 Å². The summed E-state index contributed by atoms with van der Waals surface area (Å²) in [6.07, 6.45) is 1.68. The number of hydrogen-bond acceptors (Lipinski definition) is 6. The van der Waals surface area contributed by atoms with E-state index in [-0.39, 0.29) is 12.6 Å². The molecule has 0 aliphatic carbocycles. The van der Waals surface area contributed by atoms with Crippen molar-refractivity contribution in [3.05, 3.63) is 40.3 Å². The number of benzene rings is 1. The summed E-state index contributed by atoms with van der Waals surface area (Å²) in [6, 6.07) is 5.19. The summed E-state index contributed by atoms with van der Waals surface area (Å²) in [6.45, 7) is 0.227. The molecule has 1 aromatic carbocycles. The molecule has 0 fully saturated rings. The fourth-order valence-corrected chi connectivity index (χ4v) is 2.14. The largest absolute Gasteiger partial charge is 0.456 e. The first-order chi connectivity index (χ1) is 9.08. The zero-order valence-corrected chi connectivity index (χ0v) is 11.6. The lowest BCUT2D eigenvalue weighted by atomic mass is 10.1. The second-order valence-electron chi connectivity index (χ2n) is 4.21. The van der Waals surface area contributed by atoms with E-state index >= 15 is 0 Å². The van der Waals surface area contributed by atoms with E-state index in [0.29, 0.717) is 11.3 Å². The molecule has 0 unspecified atom stereocenters. The van der Waals surface area contributed by atoms with Crippen molar-refractivity contribution in [1.82, 2.24) is 4.98 Å².